The number of amides is 1. The molecule has 1 aromatic rings. The number of hydrogen-bond acceptors (Lipinski definition) is 26. The largest absolute Gasteiger partial charge is 0.480 e. The molecule has 1 aromatic carbocycles. The zero-order valence-electron chi connectivity index (χ0n) is 74.0. The minimum absolute atomic E-state index is 0.000728. The summed E-state index contributed by atoms with van der Waals surface area (Å²) >= 11 is 0. The molecule has 0 aliphatic heterocycles. The van der Waals surface area contributed by atoms with Crippen LogP contribution >= 0.6 is 0 Å². The standard InChI is InChI=1S/C11H22N4O4.C9H21N5O.2C9H20N4O2.C9H20N4.C8H18N4.C8H11N3.C6H16N4O.C6H14N4O/c1-8(4-6-19-7-16)15-9(10(17)18)3-2-5-14-11(12)13;1-7(14-8(15)4-5-10)3-2-6-13-9(11)12;1-6(13-7(2)8(14)15)4-3-5-12-9(10)11;1-8(12-5-6-15-7-14)3-2-4-13-9(10)11;1-3-6-12-9(11)13-7-4-5-8(2)10;1-3-11-8(10)12-6-4-5-7(2)9;1-6-2-4-7(5-3-6)11-8(9)10;1-5(7)3-2-4-9-6(8)10-11;7-5(4-11)2-1-3-10-6(8)9/h7-9,15H,2-6H2,1H3,(H,17,18)(H4,12,13,14);7H,2-6,10H2,1H3,(H,14,15)(H4,11,12,13);6-7,13H,3-5H2,1-2H3,(H,14,15)(H4,10,11,12);7-8,12H,2-6H2,1H3,(H4,10,11,13);3,8H,1,4-7,10H2,2H3,(H3,11,12,13);3,7H,1,4-6,9H2,2H3,(H3,10,11,12);2-5H,1H3,(H4,9,10,11);5,11H,2-4,7H2,1H3,(H3,8,9,10);4-5H,1-3,7H2,(H4,8,9,10). The molecule has 0 aliphatic rings. The lowest BCUT2D eigenvalue weighted by Crippen LogP contribution is -2.42. The Balaban J connectivity index is -0.000000201. The number of ether oxygens (including phenoxy) is 2. The SMILES string of the molecule is C=CCNC(N)=NCCCC(C)N.C=CNC(N)=NCCCC(C)N.CC(CCCN=C(N)N)NC(=O)CCN.CC(CCCN=C(N)N)NC(C)C(=O)O.CC(CCCN=C(N)N)NCCOC=O.CC(CCOC=O)NC(CCCN=C(N)N)C(=O)O.CC(N)CCCN=C(N)NO.Cc1ccc(N=C(N)N)cc1.NC(N)=NCCCC(N)C=O. The van der Waals surface area contributed by atoms with Crippen LogP contribution in [0.4, 0.5) is 5.69 Å². The Hall–Kier alpha value is -11.2. The summed E-state index contributed by atoms with van der Waals surface area (Å²) < 4.78 is 9.10. The highest BCUT2D eigenvalue weighted by Gasteiger charge is 2.19. The Kier molecular flexibility index (Phi) is 95.4. The van der Waals surface area contributed by atoms with Gasteiger partial charge in [0.1, 0.15) is 25.0 Å². The summed E-state index contributed by atoms with van der Waals surface area (Å²) in [4.78, 5) is 97.5. The first-order valence-corrected chi connectivity index (χ1v) is 40.2. The van der Waals surface area contributed by atoms with E-state index in [1.54, 1.807) is 18.5 Å². The topological polar surface area (TPSA) is 897 Å². The molecule has 0 fully saturated rings. The fraction of sp³-hybridized carbons (Fsp3) is 0.667. The zero-order chi connectivity index (χ0) is 94.9. The zero-order valence-corrected chi connectivity index (χ0v) is 74.0. The lowest BCUT2D eigenvalue weighted by atomic mass is 10.1. The Morgan fingerprint density at radius 2 is 0.852 bits per heavy atom. The molecule has 1 rings (SSSR count). The van der Waals surface area contributed by atoms with E-state index in [9.17, 15) is 28.8 Å². The van der Waals surface area contributed by atoms with E-state index >= 15 is 0 Å². The first-order chi connectivity index (χ1) is 57.5. The summed E-state index contributed by atoms with van der Waals surface area (Å²) in [5, 5.41) is 43.5. The first-order valence-electron chi connectivity index (χ1n) is 40.2. The normalized spacial score (nSPS) is 12.8. The number of carboxylic acid groups (broad SMARTS) is 2. The Morgan fingerprint density at radius 3 is 1.23 bits per heavy atom. The lowest BCUT2D eigenvalue weighted by molar-refractivity contribution is -0.140. The van der Waals surface area contributed by atoms with Gasteiger partial charge in [-0.1, -0.05) is 30.4 Å². The summed E-state index contributed by atoms with van der Waals surface area (Å²) in [7, 11) is 0. The molecule has 47 heteroatoms. The lowest BCUT2D eigenvalue weighted by Gasteiger charge is -2.19. The second-order valence-corrected chi connectivity index (χ2v) is 27.4. The number of carbonyl (C=O) groups is 6. The van der Waals surface area contributed by atoms with E-state index in [-0.39, 0.29) is 96.5 Å². The second kappa shape index (κ2) is 92.1. The molecule has 0 spiro atoms. The van der Waals surface area contributed by atoms with Crippen molar-refractivity contribution in [2.45, 2.75) is 238 Å². The van der Waals surface area contributed by atoms with Crippen LogP contribution < -0.4 is 152 Å². The number of guanidine groups is 9. The maximum absolute atomic E-state index is 11.1. The van der Waals surface area contributed by atoms with Gasteiger partial charge in [-0.3, -0.25) is 69.1 Å². The second-order valence-electron chi connectivity index (χ2n) is 27.4. The number of rotatable bonds is 55. The van der Waals surface area contributed by atoms with Gasteiger partial charge in [-0.15, -0.1) is 6.58 Å². The number of hydroxylamine groups is 1. The highest BCUT2D eigenvalue weighted by Crippen LogP contribution is 2.11. The van der Waals surface area contributed by atoms with Crippen LogP contribution in [-0.2, 0) is 38.2 Å². The van der Waals surface area contributed by atoms with Gasteiger partial charge in [-0.2, -0.15) is 0 Å². The van der Waals surface area contributed by atoms with E-state index in [4.69, 9.17) is 130 Å². The summed E-state index contributed by atoms with van der Waals surface area (Å²) in [6.07, 6.45) is 18.2. The minimum Gasteiger partial charge on any atom is -0.480 e. The number of aliphatic carboxylic acids is 2. The molecule has 0 aliphatic carbocycles. The minimum atomic E-state index is -0.923. The quantitative estimate of drug-likeness (QED) is 0.00735. The van der Waals surface area contributed by atoms with Gasteiger partial charge in [-0.05, 0) is 190 Å². The van der Waals surface area contributed by atoms with E-state index in [0.717, 1.165) is 102 Å². The van der Waals surface area contributed by atoms with Crippen LogP contribution in [-0.4, -0.2) is 252 Å². The number of nitrogens with two attached hydrogens (primary N) is 20. The number of hydrogen-bond donors (Lipinski definition) is 30. The highest BCUT2D eigenvalue weighted by atomic mass is 16.5. The molecule has 0 aromatic heterocycles. The Bertz CT molecular complexity index is 3010. The van der Waals surface area contributed by atoms with Crippen LogP contribution in [0.25, 0.3) is 0 Å². The Labute approximate surface area is 723 Å². The molecule has 122 heavy (non-hydrogen) atoms. The van der Waals surface area contributed by atoms with Gasteiger partial charge in [0.25, 0.3) is 12.9 Å². The van der Waals surface area contributed by atoms with Crippen molar-refractivity contribution in [2.75, 3.05) is 85.2 Å². The number of benzene rings is 1. The summed E-state index contributed by atoms with van der Waals surface area (Å²) in [6.45, 7) is 32.4. The molecule has 0 heterocycles. The third-order valence-corrected chi connectivity index (χ3v) is 14.7. The van der Waals surface area contributed by atoms with Gasteiger partial charge in [0.15, 0.2) is 47.7 Å². The summed E-state index contributed by atoms with van der Waals surface area (Å²) in [5.74, 6) is -0.336. The number of aldehydes is 1. The third kappa shape index (κ3) is 117. The number of nitrogens with zero attached hydrogens (tertiary/aromatic N) is 9. The molecule has 0 saturated heterocycles. The summed E-state index contributed by atoms with van der Waals surface area (Å²) in [6, 6.07) is 7.36. The molecule has 10 unspecified atom stereocenters. The van der Waals surface area contributed by atoms with Crippen molar-refractivity contribution < 1.29 is 53.7 Å². The van der Waals surface area contributed by atoms with Crippen LogP contribution in [0.1, 0.15) is 177 Å². The number of carbonyl (C=O) groups excluding carboxylic acids is 4. The van der Waals surface area contributed by atoms with Crippen LogP contribution in [0, 0.1) is 6.92 Å². The monoisotopic (exact) mass is 1740 g/mol. The van der Waals surface area contributed by atoms with E-state index in [1.165, 1.54) is 11.8 Å². The van der Waals surface area contributed by atoms with Gasteiger partial charge >= 0.3 is 11.9 Å². The van der Waals surface area contributed by atoms with Gasteiger partial charge in [0.2, 0.25) is 11.9 Å². The van der Waals surface area contributed by atoms with Crippen LogP contribution in [0.15, 0.2) is 94.6 Å². The molecular weight excluding hydrogens is 1580 g/mol. The molecule has 50 N–H and O–H groups in total. The van der Waals surface area contributed by atoms with Crippen molar-refractivity contribution >= 4 is 96.4 Å². The number of aliphatic imine (C=N–C) groups is 9. The van der Waals surface area contributed by atoms with E-state index in [0.29, 0.717) is 135 Å². The number of carboxylic acids is 2. The van der Waals surface area contributed by atoms with Crippen molar-refractivity contribution in [1.82, 2.24) is 37.4 Å². The smallest absolute Gasteiger partial charge is 0.320 e. The fourth-order valence-electron chi connectivity index (χ4n) is 8.59. The van der Waals surface area contributed by atoms with Gasteiger partial charge in [0.05, 0.1) is 18.3 Å². The van der Waals surface area contributed by atoms with Crippen molar-refractivity contribution in [1.29, 1.82) is 0 Å². The number of aryl methyl sites for hydroxylation is 1. The van der Waals surface area contributed by atoms with E-state index in [1.807, 2.05) is 72.7 Å². The number of nitrogens with one attached hydrogen (secondary N) is 7. The Morgan fingerprint density at radius 1 is 0.467 bits per heavy atom. The maximum atomic E-state index is 11.1. The average molecular weight is 1740 g/mol. The molecular formula is C75H162N36O11. The van der Waals surface area contributed by atoms with Crippen molar-refractivity contribution in [2.24, 2.45) is 160 Å². The van der Waals surface area contributed by atoms with Crippen molar-refractivity contribution in [3.05, 3.63) is 55.3 Å². The van der Waals surface area contributed by atoms with Crippen LogP contribution in [0.3, 0.4) is 0 Å². The van der Waals surface area contributed by atoms with Crippen molar-refractivity contribution in [3.63, 3.8) is 0 Å². The molecule has 10 atom stereocenters. The third-order valence-electron chi connectivity index (χ3n) is 14.7. The molecule has 708 valence electrons. The fourth-order valence-corrected chi connectivity index (χ4v) is 8.59. The molecule has 0 radical (unpaired) electrons. The first kappa shape index (κ1) is 126. The van der Waals surface area contributed by atoms with Gasteiger partial charge in [0, 0.05) is 121 Å². The highest BCUT2D eigenvalue weighted by molar-refractivity contribution is 5.81. The average Bonchev–Trinajstić information content (AvgIpc) is 0.907. The van der Waals surface area contributed by atoms with Crippen LogP contribution in [0.5, 0.6) is 0 Å². The predicted octanol–water partition coefficient (Wildman–Crippen LogP) is -4.15. The van der Waals surface area contributed by atoms with Crippen molar-refractivity contribution in [3.8, 4) is 0 Å². The predicted molar refractivity (Wildman–Crippen MR) is 496 cm³/mol. The summed E-state index contributed by atoms with van der Waals surface area (Å²) in [5.41, 5.74) is 109. The van der Waals surface area contributed by atoms with Gasteiger partial charge in [-0.25, -0.2) is 10.5 Å². The maximum Gasteiger partial charge on any atom is 0.320 e. The molecule has 1 amide bonds. The van der Waals surface area contributed by atoms with Gasteiger partial charge < -0.3 is 171 Å². The van der Waals surface area contributed by atoms with E-state index < -0.39 is 24.0 Å². The van der Waals surface area contributed by atoms with E-state index in [2.05, 4.69) is 106 Å². The van der Waals surface area contributed by atoms with Crippen LogP contribution in [0.2, 0.25) is 0 Å². The molecule has 0 bridgehead atoms. The molecule has 47 nitrogen and oxygen atoms in total. The molecule has 0 saturated carbocycles.